The van der Waals surface area contributed by atoms with E-state index in [1.54, 1.807) is 0 Å². The van der Waals surface area contributed by atoms with Crippen molar-refractivity contribution in [2.75, 3.05) is 0 Å². The van der Waals surface area contributed by atoms with Crippen LogP contribution in [0.2, 0.25) is 0 Å². The Morgan fingerprint density at radius 3 is 1.06 bits per heavy atom. The minimum atomic E-state index is 0.0544. The van der Waals surface area contributed by atoms with Crippen LogP contribution in [0.1, 0.15) is 117 Å². The first kappa shape index (κ1) is 39.3. The summed E-state index contributed by atoms with van der Waals surface area (Å²) in [5.74, 6) is 0. The molecular weight excluding hydrogens is 609 g/mol. The van der Waals surface area contributed by atoms with Gasteiger partial charge in [-0.15, -0.1) is 0 Å². The van der Waals surface area contributed by atoms with Crippen molar-refractivity contribution >= 4 is 12.2 Å². The minimum absolute atomic E-state index is 0.0544. The Balaban J connectivity index is 0.000000270. The lowest BCUT2D eigenvalue weighted by atomic mass is 9.74. The van der Waals surface area contributed by atoms with Crippen LogP contribution in [0, 0.1) is 56.2 Å². The topological polar surface area (TPSA) is 95.2 Å². The van der Waals surface area contributed by atoms with E-state index >= 15 is 0 Å². The molecule has 0 N–H and O–H groups in total. The highest BCUT2D eigenvalue weighted by Gasteiger charge is 2.27. The number of hydrogen-bond donors (Lipinski definition) is 0. The van der Waals surface area contributed by atoms with Crippen LogP contribution in [0.5, 0.6) is 0 Å². The Morgan fingerprint density at radius 1 is 0.500 bits per heavy atom. The molecule has 0 bridgehead atoms. The van der Waals surface area contributed by atoms with Crippen molar-refractivity contribution in [1.82, 2.24) is 0 Å². The summed E-state index contributed by atoms with van der Waals surface area (Å²) in [5, 5.41) is 36.6. The van der Waals surface area contributed by atoms with E-state index in [4.69, 9.17) is 21.0 Å². The van der Waals surface area contributed by atoms with E-state index in [9.17, 15) is 0 Å². The maximum atomic E-state index is 9.16. The molecule has 2 aliphatic rings. The van der Waals surface area contributed by atoms with Crippen molar-refractivity contribution in [1.29, 1.82) is 21.0 Å². The Kier molecular flexibility index (Phi) is 12.6. The van der Waals surface area contributed by atoms with E-state index in [0.717, 1.165) is 59.1 Å². The van der Waals surface area contributed by atoms with Crippen LogP contribution in [-0.2, 0) is 10.8 Å². The molecule has 0 spiro atoms. The first-order valence-corrected chi connectivity index (χ1v) is 17.3. The van der Waals surface area contributed by atoms with Crippen LogP contribution in [0.15, 0.2) is 106 Å². The van der Waals surface area contributed by atoms with Crippen LogP contribution in [0.4, 0.5) is 0 Å². The van der Waals surface area contributed by atoms with Crippen LogP contribution < -0.4 is 0 Å². The van der Waals surface area contributed by atoms with Gasteiger partial charge in [-0.1, -0.05) is 154 Å². The van der Waals surface area contributed by atoms with E-state index in [1.165, 1.54) is 11.1 Å². The van der Waals surface area contributed by atoms with E-state index in [2.05, 4.69) is 142 Å². The van der Waals surface area contributed by atoms with Gasteiger partial charge >= 0.3 is 0 Å². The number of nitrogens with zero attached hydrogens (tertiary/aromatic N) is 4. The van der Waals surface area contributed by atoms with Crippen LogP contribution >= 0.6 is 0 Å². The highest BCUT2D eigenvalue weighted by Crippen LogP contribution is 2.41. The van der Waals surface area contributed by atoms with Crippen molar-refractivity contribution in [2.24, 2.45) is 10.8 Å². The fraction of sp³-hybridized carbons (Fsp3) is 0.391. The molecule has 0 amide bonds. The van der Waals surface area contributed by atoms with Gasteiger partial charge in [-0.05, 0) is 91.9 Å². The lowest BCUT2D eigenvalue weighted by Crippen LogP contribution is -2.17. The van der Waals surface area contributed by atoms with Gasteiger partial charge in [-0.25, -0.2) is 0 Å². The molecule has 2 aromatic rings. The maximum Gasteiger partial charge on any atom is 0.132 e. The van der Waals surface area contributed by atoms with Gasteiger partial charge in [-0.2, -0.15) is 21.0 Å². The van der Waals surface area contributed by atoms with Crippen molar-refractivity contribution in [3.8, 4) is 24.3 Å². The third kappa shape index (κ3) is 11.5. The second kappa shape index (κ2) is 16.0. The highest BCUT2D eigenvalue weighted by molar-refractivity contribution is 5.58. The van der Waals surface area contributed by atoms with E-state index in [-0.39, 0.29) is 32.8 Å². The first-order valence-electron chi connectivity index (χ1n) is 17.3. The molecule has 256 valence electrons. The molecule has 0 saturated carbocycles. The van der Waals surface area contributed by atoms with Gasteiger partial charge in [0.1, 0.15) is 35.4 Å². The van der Waals surface area contributed by atoms with Gasteiger partial charge in [0.2, 0.25) is 0 Å². The predicted octanol–water partition coefficient (Wildman–Crippen LogP) is 12.2. The molecule has 0 fully saturated rings. The van der Waals surface area contributed by atoms with Crippen LogP contribution in [0.25, 0.3) is 12.2 Å². The summed E-state index contributed by atoms with van der Waals surface area (Å²) >= 11 is 0. The molecule has 0 radical (unpaired) electrons. The summed E-state index contributed by atoms with van der Waals surface area (Å²) < 4.78 is 0. The average Bonchev–Trinajstić information content (AvgIpc) is 3.02. The van der Waals surface area contributed by atoms with E-state index < -0.39 is 0 Å². The Labute approximate surface area is 301 Å². The second-order valence-corrected chi connectivity index (χ2v) is 17.1. The summed E-state index contributed by atoms with van der Waals surface area (Å²) in [6.45, 7) is 22.0. The summed E-state index contributed by atoms with van der Waals surface area (Å²) in [7, 11) is 0. The summed E-state index contributed by atoms with van der Waals surface area (Å²) in [6.07, 6.45) is 15.9. The van der Waals surface area contributed by atoms with Gasteiger partial charge in [0, 0.05) is 0 Å². The summed E-state index contributed by atoms with van der Waals surface area (Å²) in [5.41, 5.74) is 9.86. The maximum absolute atomic E-state index is 9.16. The molecule has 2 aliphatic carbocycles. The van der Waals surface area contributed by atoms with Gasteiger partial charge in [0.15, 0.2) is 0 Å². The van der Waals surface area contributed by atoms with Crippen LogP contribution in [-0.4, -0.2) is 0 Å². The van der Waals surface area contributed by atoms with Gasteiger partial charge in [-0.3, -0.25) is 0 Å². The molecule has 4 rings (SSSR count). The molecule has 2 aromatic carbocycles. The predicted molar refractivity (Wildman–Crippen MR) is 207 cm³/mol. The largest absolute Gasteiger partial charge is 0.192 e. The quantitative estimate of drug-likeness (QED) is 0.305. The third-order valence-electron chi connectivity index (χ3n) is 9.05. The average molecular weight is 661 g/mol. The summed E-state index contributed by atoms with van der Waals surface area (Å²) in [6, 6.07) is 25.3. The minimum Gasteiger partial charge on any atom is -0.192 e. The number of hydrogen-bond acceptors (Lipinski definition) is 4. The lowest BCUT2D eigenvalue weighted by molar-refractivity contribution is 0.354. The zero-order valence-corrected chi connectivity index (χ0v) is 31.7. The Hall–Kier alpha value is -5.16. The smallest absolute Gasteiger partial charge is 0.132 e. The number of nitriles is 4. The molecule has 4 nitrogen and oxygen atoms in total. The molecule has 0 saturated heterocycles. The van der Waals surface area contributed by atoms with Crippen molar-refractivity contribution in [3.63, 3.8) is 0 Å². The Bertz CT molecular complexity index is 1730. The lowest BCUT2D eigenvalue weighted by Gasteiger charge is -2.30. The molecular formula is C46H52N4. The summed E-state index contributed by atoms with van der Waals surface area (Å²) in [4.78, 5) is 0. The fourth-order valence-corrected chi connectivity index (χ4v) is 6.38. The third-order valence-corrected chi connectivity index (χ3v) is 9.05. The van der Waals surface area contributed by atoms with Gasteiger partial charge < -0.3 is 0 Å². The molecule has 4 heteroatoms. The number of allylic oxidation sites excluding steroid dienone is 10. The van der Waals surface area contributed by atoms with E-state index in [0.29, 0.717) is 0 Å². The monoisotopic (exact) mass is 660 g/mol. The normalized spacial score (nSPS) is 16.9. The molecule has 0 unspecified atom stereocenters. The van der Waals surface area contributed by atoms with Crippen molar-refractivity contribution in [3.05, 3.63) is 129 Å². The first-order chi connectivity index (χ1) is 23.3. The molecule has 50 heavy (non-hydrogen) atoms. The molecule has 0 atom stereocenters. The molecule has 0 heterocycles. The van der Waals surface area contributed by atoms with Crippen molar-refractivity contribution < 1.29 is 0 Å². The zero-order chi connectivity index (χ0) is 37.3. The number of benzene rings is 2. The van der Waals surface area contributed by atoms with Crippen LogP contribution in [0.3, 0.4) is 0 Å². The van der Waals surface area contributed by atoms with E-state index in [1.807, 2.05) is 36.4 Å². The SMILES string of the molecule is CC1(C)CC(/C=C/c2ccc(C(C)(C)C)cc2)=CC(=C(C#N)C#N)C1.CC1(C)CC(/C=C/c2ccc(C(C)(C)C)cc2)=CC(=C(C#N)C#N)C1. The molecule has 0 aromatic heterocycles. The standard InChI is InChI=1S/2C23H26N2/c2*1-22(2,3)21-10-8-17(9-11-21)6-7-18-12-19(20(15-24)16-25)14-23(4,5)13-18/h2*6-12H,13-14H2,1-5H3/b2*7-6+. The highest BCUT2D eigenvalue weighted by atomic mass is 14.4. The van der Waals surface area contributed by atoms with Gasteiger partial charge in [0.05, 0.1) is 0 Å². The fourth-order valence-electron chi connectivity index (χ4n) is 6.38. The van der Waals surface area contributed by atoms with Crippen molar-refractivity contribution in [2.45, 2.75) is 106 Å². The number of rotatable bonds is 4. The zero-order valence-electron chi connectivity index (χ0n) is 31.7. The van der Waals surface area contributed by atoms with Gasteiger partial charge in [0.25, 0.3) is 0 Å². The second-order valence-electron chi connectivity index (χ2n) is 17.1. The Morgan fingerprint density at radius 2 is 0.800 bits per heavy atom. The molecule has 0 aliphatic heterocycles.